The maximum atomic E-state index is 12.1. The SMILES string of the molecule is CC(C)(C(=O)O)S(=O)(=O)Cc1cccc(C(N)=S)c1. The summed E-state index contributed by atoms with van der Waals surface area (Å²) in [5, 5.41) is 8.98. The highest BCUT2D eigenvalue weighted by atomic mass is 32.2. The molecule has 7 heteroatoms. The van der Waals surface area contributed by atoms with Crippen LogP contribution in [0, 0.1) is 0 Å². The molecule has 0 aliphatic rings. The van der Waals surface area contributed by atoms with E-state index >= 15 is 0 Å². The molecule has 0 saturated carbocycles. The van der Waals surface area contributed by atoms with Crippen LogP contribution in [-0.2, 0) is 20.4 Å². The summed E-state index contributed by atoms with van der Waals surface area (Å²) < 4.78 is 22.4. The van der Waals surface area contributed by atoms with E-state index in [4.69, 9.17) is 23.1 Å². The van der Waals surface area contributed by atoms with Gasteiger partial charge in [-0.3, -0.25) is 4.79 Å². The highest BCUT2D eigenvalue weighted by Crippen LogP contribution is 2.22. The van der Waals surface area contributed by atoms with Crippen molar-refractivity contribution < 1.29 is 18.3 Å². The zero-order chi connectivity index (χ0) is 14.8. The van der Waals surface area contributed by atoms with Gasteiger partial charge in [0.15, 0.2) is 14.6 Å². The Morgan fingerprint density at radius 2 is 2.00 bits per heavy atom. The van der Waals surface area contributed by atoms with Gasteiger partial charge in [0.25, 0.3) is 0 Å². The Morgan fingerprint density at radius 3 is 2.47 bits per heavy atom. The zero-order valence-electron chi connectivity index (χ0n) is 10.6. The first-order valence-corrected chi connectivity index (χ1v) is 7.48. The number of carboxylic acid groups (broad SMARTS) is 1. The topological polar surface area (TPSA) is 97.5 Å². The molecule has 0 amide bonds. The molecule has 0 spiro atoms. The van der Waals surface area contributed by atoms with Crippen molar-refractivity contribution in [1.82, 2.24) is 0 Å². The highest BCUT2D eigenvalue weighted by Gasteiger charge is 2.41. The second-order valence-electron chi connectivity index (χ2n) is 4.64. The van der Waals surface area contributed by atoms with E-state index in [1.807, 2.05) is 0 Å². The largest absolute Gasteiger partial charge is 0.480 e. The molecule has 0 radical (unpaired) electrons. The van der Waals surface area contributed by atoms with Crippen LogP contribution in [0.4, 0.5) is 0 Å². The Labute approximate surface area is 117 Å². The molecule has 0 aliphatic heterocycles. The van der Waals surface area contributed by atoms with Crippen molar-refractivity contribution in [2.24, 2.45) is 5.73 Å². The molecule has 0 fully saturated rings. The Bertz CT molecular complexity index is 620. The number of carboxylic acids is 1. The minimum absolute atomic E-state index is 0.164. The number of sulfone groups is 1. The molecule has 1 rings (SSSR count). The van der Waals surface area contributed by atoms with Gasteiger partial charge in [-0.2, -0.15) is 0 Å². The van der Waals surface area contributed by atoms with Gasteiger partial charge in [0, 0.05) is 5.56 Å². The van der Waals surface area contributed by atoms with Crippen LogP contribution in [0.15, 0.2) is 24.3 Å². The first-order valence-electron chi connectivity index (χ1n) is 5.42. The molecule has 5 nitrogen and oxygen atoms in total. The predicted molar refractivity (Wildman–Crippen MR) is 76.7 cm³/mol. The lowest BCUT2D eigenvalue weighted by Crippen LogP contribution is -2.41. The third-order valence-electron chi connectivity index (χ3n) is 2.86. The quantitative estimate of drug-likeness (QED) is 0.790. The monoisotopic (exact) mass is 301 g/mol. The van der Waals surface area contributed by atoms with Gasteiger partial charge >= 0.3 is 5.97 Å². The maximum absolute atomic E-state index is 12.1. The number of carbonyl (C=O) groups is 1. The number of benzene rings is 1. The van der Waals surface area contributed by atoms with Gasteiger partial charge in [-0.1, -0.05) is 30.4 Å². The van der Waals surface area contributed by atoms with Crippen molar-refractivity contribution in [3.05, 3.63) is 35.4 Å². The van der Waals surface area contributed by atoms with E-state index in [0.717, 1.165) is 0 Å². The van der Waals surface area contributed by atoms with E-state index in [0.29, 0.717) is 11.1 Å². The van der Waals surface area contributed by atoms with Gasteiger partial charge < -0.3 is 10.8 Å². The third kappa shape index (κ3) is 3.30. The van der Waals surface area contributed by atoms with Gasteiger partial charge in [-0.25, -0.2) is 8.42 Å². The van der Waals surface area contributed by atoms with E-state index in [1.165, 1.54) is 13.8 Å². The molecule has 0 aliphatic carbocycles. The van der Waals surface area contributed by atoms with Crippen LogP contribution >= 0.6 is 12.2 Å². The summed E-state index contributed by atoms with van der Waals surface area (Å²) >= 11 is 4.81. The van der Waals surface area contributed by atoms with Crippen molar-refractivity contribution in [1.29, 1.82) is 0 Å². The number of hydrogen-bond donors (Lipinski definition) is 2. The smallest absolute Gasteiger partial charge is 0.324 e. The van der Waals surface area contributed by atoms with Gasteiger partial charge in [0.1, 0.15) is 4.99 Å². The fourth-order valence-corrected chi connectivity index (χ4v) is 2.72. The van der Waals surface area contributed by atoms with Gasteiger partial charge in [-0.05, 0) is 25.5 Å². The molecule has 0 unspecified atom stereocenters. The van der Waals surface area contributed by atoms with Crippen molar-refractivity contribution in [3.8, 4) is 0 Å². The normalized spacial score (nSPS) is 12.1. The first-order chi connectivity index (χ1) is 8.58. The first kappa shape index (κ1) is 15.6. The maximum Gasteiger partial charge on any atom is 0.324 e. The second-order valence-corrected chi connectivity index (χ2v) is 7.62. The molecule has 0 atom stereocenters. The van der Waals surface area contributed by atoms with Gasteiger partial charge in [0.2, 0.25) is 0 Å². The van der Waals surface area contributed by atoms with Crippen LogP contribution in [-0.4, -0.2) is 29.2 Å². The molecular weight excluding hydrogens is 286 g/mol. The molecule has 0 saturated heterocycles. The van der Waals surface area contributed by atoms with Crippen molar-refractivity contribution >= 4 is 33.0 Å². The second kappa shape index (κ2) is 5.26. The van der Waals surface area contributed by atoms with Crippen LogP contribution < -0.4 is 5.73 Å². The summed E-state index contributed by atoms with van der Waals surface area (Å²) in [5.74, 6) is -1.75. The van der Waals surface area contributed by atoms with Crippen molar-refractivity contribution in [3.63, 3.8) is 0 Å². The van der Waals surface area contributed by atoms with Crippen LogP contribution in [0.1, 0.15) is 25.0 Å². The Morgan fingerprint density at radius 1 is 1.42 bits per heavy atom. The summed E-state index contributed by atoms with van der Waals surface area (Å²) in [6.45, 7) is 2.34. The minimum Gasteiger partial charge on any atom is -0.480 e. The lowest BCUT2D eigenvalue weighted by atomic mass is 10.1. The lowest BCUT2D eigenvalue weighted by molar-refractivity contribution is -0.139. The zero-order valence-corrected chi connectivity index (χ0v) is 12.2. The molecule has 1 aromatic carbocycles. The van der Waals surface area contributed by atoms with Crippen LogP contribution in [0.5, 0.6) is 0 Å². The Hall–Kier alpha value is -1.47. The van der Waals surface area contributed by atoms with E-state index in [9.17, 15) is 13.2 Å². The minimum atomic E-state index is -3.84. The molecule has 1 aromatic rings. The average Bonchev–Trinajstić information content (AvgIpc) is 2.28. The molecule has 104 valence electrons. The van der Waals surface area contributed by atoms with E-state index in [2.05, 4.69) is 0 Å². The summed E-state index contributed by atoms with van der Waals surface area (Å²) in [7, 11) is -3.84. The number of rotatable bonds is 5. The number of thiocarbonyl (C=S) groups is 1. The summed E-state index contributed by atoms with van der Waals surface area (Å²) in [4.78, 5) is 11.2. The molecule has 0 bridgehead atoms. The Balaban J connectivity index is 3.13. The molecular formula is C12H15NO4S2. The Kier molecular flexibility index (Phi) is 4.32. The molecule has 0 aromatic heterocycles. The number of aliphatic carboxylic acids is 1. The van der Waals surface area contributed by atoms with Gasteiger partial charge in [0.05, 0.1) is 5.75 Å². The molecule has 3 N–H and O–H groups in total. The molecule has 0 heterocycles. The average molecular weight is 301 g/mol. The highest BCUT2D eigenvalue weighted by molar-refractivity contribution is 7.92. The lowest BCUT2D eigenvalue weighted by Gasteiger charge is -2.19. The summed E-state index contributed by atoms with van der Waals surface area (Å²) in [6, 6.07) is 6.45. The van der Waals surface area contributed by atoms with Gasteiger partial charge in [-0.15, -0.1) is 0 Å². The van der Waals surface area contributed by atoms with Crippen molar-refractivity contribution in [2.45, 2.75) is 24.3 Å². The molecule has 19 heavy (non-hydrogen) atoms. The van der Waals surface area contributed by atoms with Crippen LogP contribution in [0.25, 0.3) is 0 Å². The summed E-state index contributed by atoms with van der Waals surface area (Å²) in [5.41, 5.74) is 6.48. The predicted octanol–water partition coefficient (Wildman–Crippen LogP) is 1.10. The fourth-order valence-electron chi connectivity index (χ4n) is 1.35. The van der Waals surface area contributed by atoms with E-state index < -0.39 is 20.6 Å². The van der Waals surface area contributed by atoms with Crippen LogP contribution in [0.3, 0.4) is 0 Å². The van der Waals surface area contributed by atoms with Crippen LogP contribution in [0.2, 0.25) is 0 Å². The summed E-state index contributed by atoms with van der Waals surface area (Å²) in [6.07, 6.45) is 0. The fraction of sp³-hybridized carbons (Fsp3) is 0.333. The van der Waals surface area contributed by atoms with E-state index in [-0.39, 0.29) is 10.7 Å². The standard InChI is InChI=1S/C12H15NO4S2/c1-12(2,11(14)15)19(16,17)7-8-4-3-5-9(6-8)10(13)18/h3-6H,7H2,1-2H3,(H2,13,18)(H,14,15). The van der Waals surface area contributed by atoms with E-state index in [1.54, 1.807) is 24.3 Å². The third-order valence-corrected chi connectivity index (χ3v) is 5.54. The number of nitrogens with two attached hydrogens (primary N) is 1. The number of hydrogen-bond acceptors (Lipinski definition) is 4. The van der Waals surface area contributed by atoms with Crippen molar-refractivity contribution in [2.75, 3.05) is 0 Å².